The summed E-state index contributed by atoms with van der Waals surface area (Å²) in [6.07, 6.45) is 5.91. The summed E-state index contributed by atoms with van der Waals surface area (Å²) in [7, 11) is 0. The molecule has 5 heteroatoms. The first-order chi connectivity index (χ1) is 15.2. The third-order valence-corrected chi connectivity index (χ3v) is 6.50. The average Bonchev–Trinajstić information content (AvgIpc) is 2.80. The molecule has 1 fully saturated rings. The van der Waals surface area contributed by atoms with Crippen LogP contribution in [-0.2, 0) is 6.54 Å². The van der Waals surface area contributed by atoms with Gasteiger partial charge in [0.2, 0.25) is 0 Å². The third-order valence-electron chi connectivity index (χ3n) is 6.20. The number of ether oxygens (including phenoxy) is 1. The quantitative estimate of drug-likeness (QED) is 0.418. The molecule has 4 aromatic rings. The number of halogens is 1. The highest BCUT2D eigenvalue weighted by molar-refractivity contribution is 6.32. The van der Waals surface area contributed by atoms with Crippen molar-refractivity contribution in [3.8, 4) is 5.75 Å². The van der Waals surface area contributed by atoms with Crippen LogP contribution < -0.4 is 15.6 Å². The molecule has 1 saturated carbocycles. The number of aromatic nitrogens is 1. The van der Waals surface area contributed by atoms with E-state index in [-0.39, 0.29) is 11.7 Å². The highest BCUT2D eigenvalue weighted by atomic mass is 35.5. The van der Waals surface area contributed by atoms with Crippen LogP contribution in [-0.4, -0.2) is 17.1 Å². The summed E-state index contributed by atoms with van der Waals surface area (Å²) in [5, 5.41) is 8.19. The molecule has 1 aliphatic carbocycles. The molecule has 31 heavy (non-hydrogen) atoms. The molecule has 0 atom stereocenters. The lowest BCUT2D eigenvalue weighted by atomic mass is 9.92. The number of aromatic amines is 1. The molecule has 0 aliphatic heterocycles. The van der Waals surface area contributed by atoms with Gasteiger partial charge in [0.05, 0.1) is 11.1 Å². The molecule has 2 N–H and O–H groups in total. The molecule has 1 aliphatic rings. The largest absolute Gasteiger partial charge is 0.489 e. The first-order valence-electron chi connectivity index (χ1n) is 10.8. The summed E-state index contributed by atoms with van der Waals surface area (Å²) < 4.78 is 6.22. The van der Waals surface area contributed by atoms with Crippen LogP contribution in [0.5, 0.6) is 5.75 Å². The number of H-pyrrole nitrogens is 1. The molecule has 1 aromatic heterocycles. The Hall–Kier alpha value is -2.82. The van der Waals surface area contributed by atoms with Gasteiger partial charge in [-0.2, -0.15) is 0 Å². The molecular weight excluding hydrogens is 408 g/mol. The summed E-state index contributed by atoms with van der Waals surface area (Å²) in [6, 6.07) is 21.1. The van der Waals surface area contributed by atoms with E-state index in [0.717, 1.165) is 37.6 Å². The van der Waals surface area contributed by atoms with E-state index in [1.54, 1.807) is 12.3 Å². The number of nitrogens with one attached hydrogen (secondary N) is 2. The van der Waals surface area contributed by atoms with E-state index in [9.17, 15) is 4.79 Å². The molecule has 3 aromatic carbocycles. The topological polar surface area (TPSA) is 54.1 Å². The smallest absolute Gasteiger partial charge is 0.255 e. The van der Waals surface area contributed by atoms with Gasteiger partial charge in [-0.3, -0.25) is 4.79 Å². The van der Waals surface area contributed by atoms with Crippen LogP contribution in [0, 0.1) is 0 Å². The summed E-state index contributed by atoms with van der Waals surface area (Å²) in [4.78, 5) is 14.6. The lowest BCUT2D eigenvalue weighted by molar-refractivity contribution is 0.139. The van der Waals surface area contributed by atoms with Crippen molar-refractivity contribution in [2.24, 2.45) is 0 Å². The van der Waals surface area contributed by atoms with Crippen molar-refractivity contribution in [3.05, 3.63) is 87.8 Å². The number of hydrogen-bond donors (Lipinski definition) is 2. The van der Waals surface area contributed by atoms with Gasteiger partial charge in [-0.15, -0.1) is 0 Å². The van der Waals surface area contributed by atoms with E-state index in [1.165, 1.54) is 16.3 Å². The van der Waals surface area contributed by atoms with Gasteiger partial charge in [0.25, 0.3) is 5.56 Å². The summed E-state index contributed by atoms with van der Waals surface area (Å²) >= 11 is 6.39. The van der Waals surface area contributed by atoms with E-state index in [0.29, 0.717) is 22.2 Å². The predicted octanol–water partition coefficient (Wildman–Crippen LogP) is 5.81. The Morgan fingerprint density at radius 3 is 2.58 bits per heavy atom. The highest BCUT2D eigenvalue weighted by Crippen LogP contribution is 2.32. The minimum absolute atomic E-state index is 0.135. The van der Waals surface area contributed by atoms with Crippen LogP contribution in [0.2, 0.25) is 5.02 Å². The number of benzene rings is 3. The first kappa shape index (κ1) is 20.1. The standard InChI is InChI=1S/C26H25ClN2O2/c27-24-15-23-20(11-12-28-26(23)30)14-25(24)31-22-9-7-21(8-10-22)29-16-17-5-6-18-3-1-2-4-19(18)13-17/h1-6,11-15,21-22,29H,7-10,16H2,(H,28,30). The molecule has 0 amide bonds. The van der Waals surface area contributed by atoms with Crippen LogP contribution in [0.25, 0.3) is 21.5 Å². The van der Waals surface area contributed by atoms with Gasteiger partial charge in [0.15, 0.2) is 0 Å². The van der Waals surface area contributed by atoms with Crippen molar-refractivity contribution in [1.82, 2.24) is 10.3 Å². The molecule has 158 valence electrons. The van der Waals surface area contributed by atoms with E-state index >= 15 is 0 Å². The second-order valence-electron chi connectivity index (χ2n) is 8.33. The van der Waals surface area contributed by atoms with Gasteiger partial charge in [0.1, 0.15) is 5.75 Å². The van der Waals surface area contributed by atoms with Gasteiger partial charge in [-0.25, -0.2) is 0 Å². The fourth-order valence-electron chi connectivity index (χ4n) is 4.45. The van der Waals surface area contributed by atoms with Crippen molar-refractivity contribution in [2.45, 2.75) is 44.4 Å². The molecule has 0 saturated heterocycles. The Morgan fingerprint density at radius 1 is 0.935 bits per heavy atom. The van der Waals surface area contributed by atoms with E-state index in [2.05, 4.69) is 52.8 Å². The van der Waals surface area contributed by atoms with Gasteiger partial charge in [-0.05, 0) is 71.7 Å². The molecule has 0 unspecified atom stereocenters. The fourth-order valence-corrected chi connectivity index (χ4v) is 4.66. The SMILES string of the molecule is O=c1[nH]ccc2cc(OC3CCC(NCc4ccc5ccccc5c4)CC3)c(Cl)cc12. The average molecular weight is 433 g/mol. The van der Waals surface area contributed by atoms with Gasteiger partial charge in [0, 0.05) is 24.2 Å². The van der Waals surface area contributed by atoms with Crippen LogP contribution in [0.1, 0.15) is 31.2 Å². The molecule has 0 bridgehead atoms. The van der Waals surface area contributed by atoms with Gasteiger partial charge < -0.3 is 15.0 Å². The Bertz CT molecular complexity index is 1280. The normalized spacial score (nSPS) is 19.0. The molecule has 0 radical (unpaired) electrons. The monoisotopic (exact) mass is 432 g/mol. The number of fused-ring (bicyclic) bond motifs is 2. The molecule has 4 nitrogen and oxygen atoms in total. The van der Waals surface area contributed by atoms with E-state index < -0.39 is 0 Å². The van der Waals surface area contributed by atoms with Gasteiger partial charge in [-0.1, -0.05) is 48.0 Å². The van der Waals surface area contributed by atoms with Crippen LogP contribution in [0.3, 0.4) is 0 Å². The van der Waals surface area contributed by atoms with Crippen molar-refractivity contribution >= 4 is 33.1 Å². The van der Waals surface area contributed by atoms with E-state index in [1.807, 2.05) is 12.1 Å². The molecule has 5 rings (SSSR count). The highest BCUT2D eigenvalue weighted by Gasteiger charge is 2.23. The minimum atomic E-state index is -0.135. The number of rotatable bonds is 5. The second-order valence-corrected chi connectivity index (χ2v) is 8.74. The molecule has 1 heterocycles. The third kappa shape index (κ3) is 4.46. The van der Waals surface area contributed by atoms with Gasteiger partial charge >= 0.3 is 0 Å². The molecule has 0 spiro atoms. The predicted molar refractivity (Wildman–Crippen MR) is 127 cm³/mol. The Morgan fingerprint density at radius 2 is 1.74 bits per heavy atom. The first-order valence-corrected chi connectivity index (χ1v) is 11.2. The van der Waals surface area contributed by atoms with E-state index in [4.69, 9.17) is 16.3 Å². The number of hydrogen-bond acceptors (Lipinski definition) is 3. The second kappa shape index (κ2) is 8.74. The maximum absolute atomic E-state index is 11.9. The van der Waals surface area contributed by atoms with Crippen LogP contribution in [0.4, 0.5) is 0 Å². The zero-order valence-electron chi connectivity index (χ0n) is 17.2. The zero-order chi connectivity index (χ0) is 21.2. The Labute approximate surface area is 186 Å². The zero-order valence-corrected chi connectivity index (χ0v) is 18.0. The van der Waals surface area contributed by atoms with Crippen molar-refractivity contribution in [1.29, 1.82) is 0 Å². The van der Waals surface area contributed by atoms with Crippen molar-refractivity contribution in [3.63, 3.8) is 0 Å². The maximum Gasteiger partial charge on any atom is 0.255 e. The Kier molecular flexibility index (Phi) is 5.66. The maximum atomic E-state index is 11.9. The minimum Gasteiger partial charge on any atom is -0.489 e. The number of pyridine rings is 1. The summed E-state index contributed by atoms with van der Waals surface area (Å²) in [5.74, 6) is 0.660. The summed E-state index contributed by atoms with van der Waals surface area (Å²) in [5.41, 5.74) is 1.18. The van der Waals surface area contributed by atoms with Crippen LogP contribution >= 0.6 is 11.6 Å². The molecular formula is C26H25ClN2O2. The Balaban J connectivity index is 1.17. The van der Waals surface area contributed by atoms with Crippen molar-refractivity contribution in [2.75, 3.05) is 0 Å². The fraction of sp³-hybridized carbons (Fsp3) is 0.269. The van der Waals surface area contributed by atoms with Crippen LogP contribution in [0.15, 0.2) is 71.7 Å². The lowest BCUT2D eigenvalue weighted by Gasteiger charge is -2.30. The van der Waals surface area contributed by atoms with Crippen molar-refractivity contribution < 1.29 is 4.74 Å². The lowest BCUT2D eigenvalue weighted by Crippen LogP contribution is -2.36. The summed E-state index contributed by atoms with van der Waals surface area (Å²) in [6.45, 7) is 0.881.